The molecule has 0 aliphatic heterocycles. The molecule has 2 N–H and O–H groups in total. The van der Waals surface area contributed by atoms with E-state index in [1.165, 1.54) is 12.1 Å². The van der Waals surface area contributed by atoms with Crippen molar-refractivity contribution in [1.29, 1.82) is 0 Å². The van der Waals surface area contributed by atoms with Crippen molar-refractivity contribution in [3.63, 3.8) is 0 Å². The fraction of sp³-hybridized carbons (Fsp3) is 0.533. The van der Waals surface area contributed by atoms with Crippen molar-refractivity contribution < 1.29 is 13.9 Å². The first-order valence-corrected chi connectivity index (χ1v) is 6.69. The monoisotopic (exact) mass is 282 g/mol. The number of benzene rings is 1. The molecule has 0 saturated heterocycles. The fourth-order valence-corrected chi connectivity index (χ4v) is 1.52. The molecule has 0 heterocycles. The number of halogens is 1. The van der Waals surface area contributed by atoms with Crippen LogP contribution in [0, 0.1) is 5.82 Å². The summed E-state index contributed by atoms with van der Waals surface area (Å²) in [6.45, 7) is 9.74. The van der Waals surface area contributed by atoms with Gasteiger partial charge in [0.25, 0.3) is 0 Å². The largest absolute Gasteiger partial charge is 0.444 e. The second kappa shape index (κ2) is 6.70. The summed E-state index contributed by atoms with van der Waals surface area (Å²) < 4.78 is 18.8. The summed E-state index contributed by atoms with van der Waals surface area (Å²) in [6, 6.07) is 4.72. The van der Waals surface area contributed by atoms with Crippen LogP contribution >= 0.6 is 0 Å². The number of anilines is 1. The Kier molecular flexibility index (Phi) is 5.51. The van der Waals surface area contributed by atoms with Crippen LogP contribution in [0.25, 0.3) is 0 Å². The van der Waals surface area contributed by atoms with Gasteiger partial charge in [0.05, 0.1) is 0 Å². The van der Waals surface area contributed by atoms with E-state index < -0.39 is 11.7 Å². The highest BCUT2D eigenvalue weighted by atomic mass is 19.1. The maximum atomic E-state index is 13.6. The number of ether oxygens (including phenoxy) is 1. The van der Waals surface area contributed by atoms with Crippen molar-refractivity contribution in [2.24, 2.45) is 0 Å². The molecular formula is C15H23FN2O2. The number of hydrogen-bond acceptors (Lipinski definition) is 3. The maximum Gasteiger partial charge on any atom is 0.412 e. The maximum absolute atomic E-state index is 13.6. The van der Waals surface area contributed by atoms with Gasteiger partial charge in [-0.3, -0.25) is 5.32 Å². The number of carbonyl (C=O) groups excluding carboxylic acids is 1. The molecule has 1 aromatic carbocycles. The highest BCUT2D eigenvalue weighted by molar-refractivity contribution is 5.84. The molecule has 20 heavy (non-hydrogen) atoms. The first-order chi connectivity index (χ1) is 9.17. The zero-order chi connectivity index (χ0) is 15.3. The van der Waals surface area contributed by atoms with E-state index >= 15 is 0 Å². The lowest BCUT2D eigenvalue weighted by Crippen LogP contribution is -2.27. The van der Waals surface area contributed by atoms with Gasteiger partial charge in [-0.2, -0.15) is 0 Å². The summed E-state index contributed by atoms with van der Waals surface area (Å²) >= 11 is 0. The van der Waals surface area contributed by atoms with E-state index in [1.54, 1.807) is 26.8 Å². The van der Waals surface area contributed by atoms with Crippen LogP contribution in [0.15, 0.2) is 18.2 Å². The Labute approximate surface area is 119 Å². The van der Waals surface area contributed by atoms with E-state index in [4.69, 9.17) is 4.74 Å². The zero-order valence-corrected chi connectivity index (χ0v) is 12.7. The van der Waals surface area contributed by atoms with Crippen molar-refractivity contribution in [3.8, 4) is 0 Å². The topological polar surface area (TPSA) is 50.4 Å². The molecule has 0 bridgehead atoms. The third-order valence-corrected chi connectivity index (χ3v) is 2.39. The molecule has 1 aromatic rings. The third kappa shape index (κ3) is 6.02. The van der Waals surface area contributed by atoms with Crippen molar-refractivity contribution in [1.82, 2.24) is 5.32 Å². The molecular weight excluding hydrogens is 259 g/mol. The molecule has 4 nitrogen and oxygen atoms in total. The predicted molar refractivity (Wildman–Crippen MR) is 78.2 cm³/mol. The standard InChI is InChI=1S/C15H23FN2O2/c1-10(2)17-9-11-8-12(6-7-13(11)16)18-14(19)20-15(3,4)5/h6-8,10,17H,9H2,1-5H3,(H,18,19). The Bertz CT molecular complexity index is 467. The van der Waals surface area contributed by atoms with Gasteiger partial charge in [0.1, 0.15) is 11.4 Å². The number of amides is 1. The summed E-state index contributed by atoms with van der Waals surface area (Å²) in [7, 11) is 0. The quantitative estimate of drug-likeness (QED) is 0.886. The minimum atomic E-state index is -0.563. The average Bonchev–Trinajstić information content (AvgIpc) is 2.27. The Hall–Kier alpha value is -1.62. The van der Waals surface area contributed by atoms with Gasteiger partial charge >= 0.3 is 6.09 Å². The van der Waals surface area contributed by atoms with Gasteiger partial charge in [0, 0.05) is 23.8 Å². The summed E-state index contributed by atoms with van der Waals surface area (Å²) in [5.74, 6) is -0.298. The van der Waals surface area contributed by atoms with Crippen LogP contribution in [-0.2, 0) is 11.3 Å². The molecule has 1 amide bonds. The van der Waals surface area contributed by atoms with Gasteiger partial charge in [-0.25, -0.2) is 9.18 Å². The van der Waals surface area contributed by atoms with E-state index in [1.807, 2.05) is 13.8 Å². The van der Waals surface area contributed by atoms with Gasteiger partial charge < -0.3 is 10.1 Å². The first-order valence-electron chi connectivity index (χ1n) is 6.69. The Balaban J connectivity index is 2.72. The fourth-order valence-electron chi connectivity index (χ4n) is 1.52. The Morgan fingerprint density at radius 1 is 1.35 bits per heavy atom. The molecule has 0 aliphatic carbocycles. The van der Waals surface area contributed by atoms with Crippen LogP contribution in [-0.4, -0.2) is 17.7 Å². The van der Waals surface area contributed by atoms with E-state index in [9.17, 15) is 9.18 Å². The van der Waals surface area contributed by atoms with E-state index in [2.05, 4.69) is 10.6 Å². The van der Waals surface area contributed by atoms with Crippen LogP contribution in [0.3, 0.4) is 0 Å². The second-order valence-corrected chi connectivity index (χ2v) is 5.97. The zero-order valence-electron chi connectivity index (χ0n) is 12.7. The molecule has 0 aromatic heterocycles. The summed E-state index contributed by atoms with van der Waals surface area (Å²) in [5.41, 5.74) is 0.458. The molecule has 0 atom stereocenters. The number of rotatable bonds is 4. The second-order valence-electron chi connectivity index (χ2n) is 5.97. The molecule has 0 unspecified atom stereocenters. The number of hydrogen-bond donors (Lipinski definition) is 2. The lowest BCUT2D eigenvalue weighted by Gasteiger charge is -2.20. The van der Waals surface area contributed by atoms with Crippen molar-refractivity contribution in [2.75, 3.05) is 5.32 Å². The van der Waals surface area contributed by atoms with E-state index in [-0.39, 0.29) is 11.9 Å². The third-order valence-electron chi connectivity index (χ3n) is 2.39. The average molecular weight is 282 g/mol. The van der Waals surface area contributed by atoms with Crippen LogP contribution in [0.5, 0.6) is 0 Å². The molecule has 0 spiro atoms. The highest BCUT2D eigenvalue weighted by Crippen LogP contribution is 2.16. The van der Waals surface area contributed by atoms with Gasteiger partial charge in [-0.05, 0) is 39.0 Å². The predicted octanol–water partition coefficient (Wildman–Crippen LogP) is 3.67. The lowest BCUT2D eigenvalue weighted by molar-refractivity contribution is 0.0636. The molecule has 0 radical (unpaired) electrons. The number of carbonyl (C=O) groups is 1. The molecule has 112 valence electrons. The molecule has 0 fully saturated rings. The molecule has 1 rings (SSSR count). The highest BCUT2D eigenvalue weighted by Gasteiger charge is 2.16. The lowest BCUT2D eigenvalue weighted by atomic mass is 10.1. The minimum absolute atomic E-state index is 0.261. The Morgan fingerprint density at radius 3 is 2.55 bits per heavy atom. The van der Waals surface area contributed by atoms with Crippen molar-refractivity contribution >= 4 is 11.8 Å². The van der Waals surface area contributed by atoms with E-state index in [0.29, 0.717) is 17.8 Å². The summed E-state index contributed by atoms with van der Waals surface area (Å²) in [6.07, 6.45) is -0.549. The van der Waals surface area contributed by atoms with Gasteiger partial charge in [0.15, 0.2) is 0 Å². The van der Waals surface area contributed by atoms with Crippen LogP contribution in [0.2, 0.25) is 0 Å². The number of nitrogens with one attached hydrogen (secondary N) is 2. The summed E-state index contributed by atoms with van der Waals surface area (Å²) in [4.78, 5) is 11.6. The van der Waals surface area contributed by atoms with Gasteiger partial charge in [0.2, 0.25) is 0 Å². The molecule has 5 heteroatoms. The van der Waals surface area contributed by atoms with Gasteiger partial charge in [-0.1, -0.05) is 13.8 Å². The van der Waals surface area contributed by atoms with Gasteiger partial charge in [-0.15, -0.1) is 0 Å². The smallest absolute Gasteiger partial charge is 0.412 e. The molecule has 0 saturated carbocycles. The van der Waals surface area contributed by atoms with Crippen molar-refractivity contribution in [2.45, 2.75) is 52.8 Å². The molecule has 0 aliphatic rings. The summed E-state index contributed by atoms with van der Waals surface area (Å²) in [5, 5.41) is 5.74. The minimum Gasteiger partial charge on any atom is -0.444 e. The van der Waals surface area contributed by atoms with Crippen LogP contribution < -0.4 is 10.6 Å². The Morgan fingerprint density at radius 2 is 2.00 bits per heavy atom. The van der Waals surface area contributed by atoms with Crippen molar-refractivity contribution in [3.05, 3.63) is 29.6 Å². The normalized spacial score (nSPS) is 11.6. The van der Waals surface area contributed by atoms with Crippen LogP contribution in [0.1, 0.15) is 40.2 Å². The van der Waals surface area contributed by atoms with Crippen LogP contribution in [0.4, 0.5) is 14.9 Å². The van der Waals surface area contributed by atoms with E-state index in [0.717, 1.165) is 0 Å². The SMILES string of the molecule is CC(C)NCc1cc(NC(=O)OC(C)(C)C)ccc1F. The first kappa shape index (κ1) is 16.4.